The molecule has 2 rings (SSSR count). The van der Waals surface area contributed by atoms with E-state index in [2.05, 4.69) is 5.32 Å². The molecular weight excluding hydrogens is 228 g/mol. The van der Waals surface area contributed by atoms with Crippen molar-refractivity contribution in [2.45, 2.75) is 57.1 Å². The number of hydrogen-bond acceptors (Lipinski definition) is 3. The molecule has 2 saturated carbocycles. The van der Waals surface area contributed by atoms with Crippen LogP contribution in [0.1, 0.15) is 44.9 Å². The first-order valence-corrected chi connectivity index (χ1v) is 7.26. The molecule has 2 aliphatic carbocycles. The molecule has 0 spiro atoms. The van der Waals surface area contributed by atoms with Crippen molar-refractivity contribution in [2.24, 2.45) is 17.6 Å². The fourth-order valence-corrected chi connectivity index (χ4v) is 3.26. The van der Waals surface area contributed by atoms with Crippen molar-refractivity contribution in [3.8, 4) is 0 Å². The lowest BCUT2D eigenvalue weighted by Gasteiger charge is -2.27. The smallest absolute Gasteiger partial charge is 0.223 e. The van der Waals surface area contributed by atoms with Crippen molar-refractivity contribution in [1.82, 2.24) is 5.32 Å². The zero-order valence-corrected chi connectivity index (χ0v) is 11.4. The van der Waals surface area contributed by atoms with E-state index in [1.165, 1.54) is 0 Å². The summed E-state index contributed by atoms with van der Waals surface area (Å²) in [5.74, 6) is 1.11. The SMILES string of the molecule is COC1CCC(NC(=O)C2CCC(CN)CC2)C1. The monoisotopic (exact) mass is 254 g/mol. The van der Waals surface area contributed by atoms with Gasteiger partial charge in [-0.2, -0.15) is 0 Å². The second-order valence-corrected chi connectivity index (χ2v) is 5.83. The van der Waals surface area contributed by atoms with E-state index in [0.717, 1.165) is 51.5 Å². The second kappa shape index (κ2) is 6.53. The third-order valence-corrected chi connectivity index (χ3v) is 4.62. The van der Waals surface area contributed by atoms with Crippen LogP contribution < -0.4 is 11.1 Å². The van der Waals surface area contributed by atoms with Crippen molar-refractivity contribution in [3.05, 3.63) is 0 Å². The molecule has 0 saturated heterocycles. The first-order chi connectivity index (χ1) is 8.72. The van der Waals surface area contributed by atoms with Crippen LogP contribution in [-0.2, 0) is 9.53 Å². The molecule has 4 heteroatoms. The van der Waals surface area contributed by atoms with Gasteiger partial charge in [-0.1, -0.05) is 0 Å². The largest absolute Gasteiger partial charge is 0.381 e. The molecule has 2 fully saturated rings. The minimum Gasteiger partial charge on any atom is -0.381 e. The summed E-state index contributed by atoms with van der Waals surface area (Å²) in [5.41, 5.74) is 5.67. The lowest BCUT2D eigenvalue weighted by atomic mass is 9.81. The molecule has 2 unspecified atom stereocenters. The Morgan fingerprint density at radius 3 is 2.50 bits per heavy atom. The van der Waals surface area contributed by atoms with Crippen LogP contribution in [0.2, 0.25) is 0 Å². The van der Waals surface area contributed by atoms with E-state index in [9.17, 15) is 4.79 Å². The van der Waals surface area contributed by atoms with Gasteiger partial charge < -0.3 is 15.8 Å². The van der Waals surface area contributed by atoms with Gasteiger partial charge in [-0.3, -0.25) is 4.79 Å². The number of methoxy groups -OCH3 is 1. The van der Waals surface area contributed by atoms with Crippen molar-refractivity contribution < 1.29 is 9.53 Å². The molecule has 1 amide bonds. The highest BCUT2D eigenvalue weighted by molar-refractivity contribution is 5.79. The molecule has 0 aromatic carbocycles. The molecule has 0 radical (unpaired) electrons. The highest BCUT2D eigenvalue weighted by atomic mass is 16.5. The summed E-state index contributed by atoms with van der Waals surface area (Å²) < 4.78 is 5.33. The van der Waals surface area contributed by atoms with Gasteiger partial charge in [-0.05, 0) is 57.4 Å². The van der Waals surface area contributed by atoms with E-state index in [1.54, 1.807) is 7.11 Å². The molecule has 0 aromatic heterocycles. The zero-order chi connectivity index (χ0) is 13.0. The summed E-state index contributed by atoms with van der Waals surface area (Å²) in [7, 11) is 1.75. The fourth-order valence-electron chi connectivity index (χ4n) is 3.26. The van der Waals surface area contributed by atoms with Crippen molar-refractivity contribution >= 4 is 5.91 Å². The first kappa shape index (κ1) is 13.8. The Morgan fingerprint density at radius 2 is 1.94 bits per heavy atom. The summed E-state index contributed by atoms with van der Waals surface area (Å²) in [5, 5.41) is 3.20. The van der Waals surface area contributed by atoms with Gasteiger partial charge in [0, 0.05) is 19.1 Å². The van der Waals surface area contributed by atoms with E-state index in [1.807, 2.05) is 0 Å². The summed E-state index contributed by atoms with van der Waals surface area (Å²) >= 11 is 0. The quantitative estimate of drug-likeness (QED) is 0.798. The van der Waals surface area contributed by atoms with Crippen LogP contribution in [-0.4, -0.2) is 31.7 Å². The van der Waals surface area contributed by atoms with Crippen LogP contribution in [0.25, 0.3) is 0 Å². The number of amides is 1. The predicted octanol–water partition coefficient (Wildman–Crippen LogP) is 1.44. The van der Waals surface area contributed by atoms with Gasteiger partial charge in [0.25, 0.3) is 0 Å². The maximum Gasteiger partial charge on any atom is 0.223 e. The summed E-state index contributed by atoms with van der Waals surface area (Å²) in [6.45, 7) is 0.770. The Bertz CT molecular complexity index is 275. The fraction of sp³-hybridized carbons (Fsp3) is 0.929. The number of hydrogen-bond donors (Lipinski definition) is 2. The van der Waals surface area contributed by atoms with Crippen molar-refractivity contribution in [1.29, 1.82) is 0 Å². The normalized spacial score (nSPS) is 36.6. The Labute approximate surface area is 110 Å². The van der Waals surface area contributed by atoms with Crippen LogP contribution in [0.4, 0.5) is 0 Å². The average Bonchev–Trinajstić information content (AvgIpc) is 2.86. The van der Waals surface area contributed by atoms with Crippen LogP contribution in [0, 0.1) is 11.8 Å². The number of carbonyl (C=O) groups is 1. The molecule has 2 atom stereocenters. The topological polar surface area (TPSA) is 64.3 Å². The minimum atomic E-state index is 0.217. The van der Waals surface area contributed by atoms with Gasteiger partial charge in [0.15, 0.2) is 0 Å². The molecule has 2 aliphatic rings. The zero-order valence-electron chi connectivity index (χ0n) is 11.4. The lowest BCUT2D eigenvalue weighted by molar-refractivity contribution is -0.126. The van der Waals surface area contributed by atoms with Crippen molar-refractivity contribution in [2.75, 3.05) is 13.7 Å². The minimum absolute atomic E-state index is 0.217. The van der Waals surface area contributed by atoms with Gasteiger partial charge >= 0.3 is 0 Å². The number of rotatable bonds is 4. The second-order valence-electron chi connectivity index (χ2n) is 5.83. The molecule has 4 nitrogen and oxygen atoms in total. The van der Waals surface area contributed by atoms with Gasteiger partial charge in [0.1, 0.15) is 0 Å². The highest BCUT2D eigenvalue weighted by Crippen LogP contribution is 2.29. The number of nitrogens with two attached hydrogens (primary N) is 1. The highest BCUT2D eigenvalue weighted by Gasteiger charge is 2.30. The molecule has 104 valence electrons. The van der Waals surface area contributed by atoms with E-state index >= 15 is 0 Å². The predicted molar refractivity (Wildman–Crippen MR) is 71.1 cm³/mol. The molecule has 0 aromatic rings. The number of carbonyl (C=O) groups excluding carboxylic acids is 1. The van der Waals surface area contributed by atoms with Gasteiger partial charge in [-0.25, -0.2) is 0 Å². The molecule has 0 heterocycles. The van der Waals surface area contributed by atoms with Gasteiger partial charge in [0.2, 0.25) is 5.91 Å². The lowest BCUT2D eigenvalue weighted by Crippen LogP contribution is -2.39. The van der Waals surface area contributed by atoms with E-state index < -0.39 is 0 Å². The standard InChI is InChI=1S/C14H26N2O2/c1-18-13-7-6-12(8-13)16-14(17)11-4-2-10(9-15)3-5-11/h10-13H,2-9,15H2,1H3,(H,16,17). The van der Waals surface area contributed by atoms with E-state index in [4.69, 9.17) is 10.5 Å². The van der Waals surface area contributed by atoms with Crippen LogP contribution in [0.3, 0.4) is 0 Å². The van der Waals surface area contributed by atoms with Gasteiger partial charge in [0.05, 0.1) is 6.10 Å². The summed E-state index contributed by atoms with van der Waals surface area (Å²) in [6.07, 6.45) is 7.68. The summed E-state index contributed by atoms with van der Waals surface area (Å²) in [6, 6.07) is 0.328. The third kappa shape index (κ3) is 3.45. The summed E-state index contributed by atoms with van der Waals surface area (Å²) in [4.78, 5) is 12.2. The Hall–Kier alpha value is -0.610. The number of nitrogens with one attached hydrogen (secondary N) is 1. The first-order valence-electron chi connectivity index (χ1n) is 7.26. The van der Waals surface area contributed by atoms with Gasteiger partial charge in [-0.15, -0.1) is 0 Å². The molecule has 0 aliphatic heterocycles. The van der Waals surface area contributed by atoms with Crippen molar-refractivity contribution in [3.63, 3.8) is 0 Å². The Balaban J connectivity index is 1.72. The van der Waals surface area contributed by atoms with Crippen LogP contribution in [0.15, 0.2) is 0 Å². The third-order valence-electron chi connectivity index (χ3n) is 4.62. The Kier molecular flexibility index (Phi) is 5.01. The molecule has 3 N–H and O–H groups in total. The average molecular weight is 254 g/mol. The molecule has 18 heavy (non-hydrogen) atoms. The molecular formula is C14H26N2O2. The Morgan fingerprint density at radius 1 is 1.22 bits per heavy atom. The maximum atomic E-state index is 12.2. The van der Waals surface area contributed by atoms with Crippen LogP contribution in [0.5, 0.6) is 0 Å². The van der Waals surface area contributed by atoms with E-state index in [-0.39, 0.29) is 11.8 Å². The van der Waals surface area contributed by atoms with Crippen LogP contribution >= 0.6 is 0 Å². The van der Waals surface area contributed by atoms with E-state index in [0.29, 0.717) is 18.1 Å². The number of ether oxygens (including phenoxy) is 1. The maximum absolute atomic E-state index is 12.2. The molecule has 0 bridgehead atoms.